The van der Waals surface area contributed by atoms with E-state index in [2.05, 4.69) is 6.07 Å². The van der Waals surface area contributed by atoms with Crippen molar-refractivity contribution in [3.8, 4) is 6.07 Å². The summed E-state index contributed by atoms with van der Waals surface area (Å²) in [6, 6.07) is 16.8. The summed E-state index contributed by atoms with van der Waals surface area (Å²) in [4.78, 5) is 28.2. The van der Waals surface area contributed by atoms with Gasteiger partial charge in [-0.25, -0.2) is 17.6 Å². The molecule has 0 spiro atoms. The van der Waals surface area contributed by atoms with Gasteiger partial charge in [-0.15, -0.1) is 0 Å². The minimum absolute atomic E-state index is 0.0186. The third kappa shape index (κ3) is 8.17. The fourth-order valence-electron chi connectivity index (χ4n) is 4.98. The molecule has 3 aromatic rings. The molecule has 1 aliphatic rings. The average molecular weight is 625 g/mol. The zero-order chi connectivity index (χ0) is 32.1. The van der Waals surface area contributed by atoms with Gasteiger partial charge in [-0.2, -0.15) is 5.26 Å². The maximum Gasteiger partial charge on any atom is 0.410 e. The van der Waals surface area contributed by atoms with Crippen LogP contribution in [-0.4, -0.2) is 69.5 Å². The van der Waals surface area contributed by atoms with Gasteiger partial charge in [0.2, 0.25) is 10.0 Å². The van der Waals surface area contributed by atoms with Gasteiger partial charge in [0, 0.05) is 32.2 Å². The van der Waals surface area contributed by atoms with Gasteiger partial charge >= 0.3 is 12.1 Å². The number of halogens is 1. The van der Waals surface area contributed by atoms with Gasteiger partial charge in [-0.05, 0) is 80.8 Å². The number of ether oxygens (including phenoxy) is 2. The molecule has 12 heteroatoms. The average Bonchev–Trinajstić information content (AvgIpc) is 3.21. The monoisotopic (exact) mass is 624 g/mol. The number of anilines is 2. The van der Waals surface area contributed by atoms with Crippen LogP contribution in [0.3, 0.4) is 0 Å². The zero-order valence-electron chi connectivity index (χ0n) is 25.4. The molecule has 0 N–H and O–H groups in total. The van der Waals surface area contributed by atoms with Crippen molar-refractivity contribution in [2.75, 3.05) is 47.7 Å². The van der Waals surface area contributed by atoms with Gasteiger partial charge in [0.05, 0.1) is 36.2 Å². The van der Waals surface area contributed by atoms with Crippen molar-refractivity contribution in [2.24, 2.45) is 0 Å². The number of fused-ring (bicyclic) bond motifs is 1. The minimum Gasteiger partial charge on any atom is -0.465 e. The molecule has 0 saturated carbocycles. The van der Waals surface area contributed by atoms with Crippen LogP contribution in [0.5, 0.6) is 0 Å². The normalized spacial score (nSPS) is 14.1. The highest BCUT2D eigenvalue weighted by Gasteiger charge is 2.29. The summed E-state index contributed by atoms with van der Waals surface area (Å²) in [5.41, 5.74) is 0.738. The number of esters is 1. The number of hydrogen-bond acceptors (Lipinski definition) is 8. The van der Waals surface area contributed by atoms with Crippen LogP contribution in [0.15, 0.2) is 54.6 Å². The zero-order valence-corrected chi connectivity index (χ0v) is 26.2. The predicted octanol–water partition coefficient (Wildman–Crippen LogP) is 5.20. The molecule has 1 fully saturated rings. The summed E-state index contributed by atoms with van der Waals surface area (Å²) >= 11 is 0. The van der Waals surface area contributed by atoms with Crippen LogP contribution >= 0.6 is 0 Å². The maximum atomic E-state index is 15.7. The molecule has 0 bridgehead atoms. The van der Waals surface area contributed by atoms with E-state index in [1.807, 2.05) is 11.0 Å². The standard InChI is InChI=1S/C32H37FN4O6S/c1-5-42-30(38)22-44(40,41)37(21-24-8-10-25-9-7-23(20-34)17-26(25)18-24)27-11-12-29(28(33)19-27)35-13-6-14-36(16-15-35)31(39)43-32(2,3)4/h7-12,17-19H,5-6,13-16,21-22H2,1-4H3. The third-order valence-electron chi connectivity index (χ3n) is 7.01. The van der Waals surface area contributed by atoms with Crippen molar-refractivity contribution in [3.63, 3.8) is 0 Å². The van der Waals surface area contributed by atoms with Crippen molar-refractivity contribution in [2.45, 2.75) is 46.3 Å². The highest BCUT2D eigenvalue weighted by Crippen LogP contribution is 2.30. The quantitative estimate of drug-likeness (QED) is 0.314. The lowest BCUT2D eigenvalue weighted by Crippen LogP contribution is -2.39. The van der Waals surface area contributed by atoms with Crippen LogP contribution in [0.2, 0.25) is 0 Å². The number of rotatable bonds is 8. The Morgan fingerprint density at radius 1 is 1.00 bits per heavy atom. The molecule has 0 unspecified atom stereocenters. The van der Waals surface area contributed by atoms with Gasteiger partial charge in [0.1, 0.15) is 11.4 Å². The number of nitriles is 1. The summed E-state index contributed by atoms with van der Waals surface area (Å²) in [7, 11) is -4.29. The molecular formula is C32H37FN4O6S. The third-order valence-corrected chi connectivity index (χ3v) is 8.62. The first-order chi connectivity index (χ1) is 20.8. The smallest absolute Gasteiger partial charge is 0.410 e. The van der Waals surface area contributed by atoms with Crippen LogP contribution in [-0.2, 0) is 30.8 Å². The molecule has 4 rings (SSSR count). The fraction of sp³-hybridized carbons (Fsp3) is 0.406. The Morgan fingerprint density at radius 2 is 1.75 bits per heavy atom. The topological polar surface area (TPSA) is 120 Å². The molecule has 0 aromatic heterocycles. The Hall–Kier alpha value is -4.37. The van der Waals surface area contributed by atoms with Gasteiger partial charge in [-0.3, -0.25) is 9.10 Å². The van der Waals surface area contributed by atoms with Crippen LogP contribution in [0.25, 0.3) is 10.8 Å². The van der Waals surface area contributed by atoms with E-state index in [9.17, 15) is 23.3 Å². The number of benzene rings is 3. The largest absolute Gasteiger partial charge is 0.465 e. The summed E-state index contributed by atoms with van der Waals surface area (Å²) in [6.07, 6.45) is 0.172. The lowest BCUT2D eigenvalue weighted by molar-refractivity contribution is -0.139. The van der Waals surface area contributed by atoms with E-state index < -0.39 is 39.3 Å². The van der Waals surface area contributed by atoms with E-state index >= 15 is 4.39 Å². The van der Waals surface area contributed by atoms with Crippen molar-refractivity contribution in [3.05, 3.63) is 71.5 Å². The number of carbonyl (C=O) groups excluding carboxylic acids is 2. The first-order valence-corrected chi connectivity index (χ1v) is 16.0. The van der Waals surface area contributed by atoms with E-state index in [0.29, 0.717) is 43.7 Å². The molecule has 10 nitrogen and oxygen atoms in total. The predicted molar refractivity (Wildman–Crippen MR) is 166 cm³/mol. The second-order valence-corrected chi connectivity index (χ2v) is 13.4. The number of nitrogens with zero attached hydrogens (tertiary/aromatic N) is 4. The van der Waals surface area contributed by atoms with Gasteiger partial charge in [-0.1, -0.05) is 18.2 Å². The molecule has 1 aliphatic heterocycles. The lowest BCUT2D eigenvalue weighted by atomic mass is 10.0. The number of hydrogen-bond donors (Lipinski definition) is 0. The summed E-state index contributed by atoms with van der Waals surface area (Å²) < 4.78 is 54.1. The van der Waals surface area contributed by atoms with Crippen LogP contribution in [0, 0.1) is 17.1 Å². The lowest BCUT2D eigenvalue weighted by Gasteiger charge is -2.28. The Balaban J connectivity index is 1.62. The van der Waals surface area contributed by atoms with E-state index in [-0.39, 0.29) is 24.5 Å². The number of carbonyl (C=O) groups is 2. The molecule has 1 amide bonds. The SMILES string of the molecule is CCOC(=O)CS(=O)(=O)N(Cc1ccc2ccc(C#N)cc2c1)c1ccc(N2CCCN(C(=O)OC(C)(C)C)CC2)c(F)c1. The number of sulfonamides is 1. The molecular weight excluding hydrogens is 587 g/mol. The van der Waals surface area contributed by atoms with Crippen LogP contribution in [0.4, 0.5) is 20.6 Å². The molecule has 0 aliphatic carbocycles. The Labute approximate surface area is 257 Å². The molecule has 234 valence electrons. The van der Waals surface area contributed by atoms with Gasteiger partial charge in [0.15, 0.2) is 5.75 Å². The van der Waals surface area contributed by atoms with E-state index in [0.717, 1.165) is 21.1 Å². The summed E-state index contributed by atoms with van der Waals surface area (Å²) in [5.74, 6) is -2.46. The van der Waals surface area contributed by atoms with E-state index in [4.69, 9.17) is 9.47 Å². The summed E-state index contributed by atoms with van der Waals surface area (Å²) in [5, 5.41) is 10.9. The maximum absolute atomic E-state index is 15.7. The van der Waals surface area contributed by atoms with Gasteiger partial charge in [0.25, 0.3) is 0 Å². The molecule has 1 heterocycles. The van der Waals surface area contributed by atoms with Gasteiger partial charge < -0.3 is 19.3 Å². The fourth-order valence-corrected chi connectivity index (χ4v) is 6.30. The van der Waals surface area contributed by atoms with Crippen LogP contribution < -0.4 is 9.21 Å². The molecule has 0 radical (unpaired) electrons. The first kappa shape index (κ1) is 32.5. The Bertz CT molecular complexity index is 1680. The van der Waals surface area contributed by atoms with Crippen LogP contribution in [0.1, 0.15) is 45.2 Å². The van der Waals surface area contributed by atoms with Crippen molar-refractivity contribution < 1.29 is 31.9 Å². The van der Waals surface area contributed by atoms with Crippen molar-refractivity contribution >= 4 is 44.2 Å². The van der Waals surface area contributed by atoms with E-state index in [1.54, 1.807) is 62.9 Å². The Kier molecular flexibility index (Phi) is 9.99. The second-order valence-electron chi connectivity index (χ2n) is 11.5. The summed E-state index contributed by atoms with van der Waals surface area (Å²) in [6.45, 7) is 8.47. The van der Waals surface area contributed by atoms with E-state index in [1.165, 1.54) is 12.1 Å². The highest BCUT2D eigenvalue weighted by atomic mass is 32.2. The first-order valence-electron chi connectivity index (χ1n) is 14.4. The minimum atomic E-state index is -4.29. The highest BCUT2D eigenvalue weighted by molar-refractivity contribution is 7.93. The van der Waals surface area contributed by atoms with Crippen molar-refractivity contribution in [1.82, 2.24) is 4.90 Å². The molecule has 0 atom stereocenters. The molecule has 1 saturated heterocycles. The van der Waals surface area contributed by atoms with Crippen molar-refractivity contribution in [1.29, 1.82) is 5.26 Å². The molecule has 3 aromatic carbocycles. The number of amides is 1. The Morgan fingerprint density at radius 3 is 2.43 bits per heavy atom. The molecule has 44 heavy (non-hydrogen) atoms. The second kappa shape index (κ2) is 13.5.